The molecule has 0 atom stereocenters. The SMILES string of the molecule is c1ccc(-c2cccc(-c3ccc4c(-c5cccc(-c6cccnc6)c5)c5ccccc5c(-c5cccc(-c6cccnc6)c5)c4c3)c2)cc1. The molecule has 2 aromatic heterocycles. The minimum absolute atomic E-state index is 1.10. The van der Waals surface area contributed by atoms with Crippen LogP contribution in [0.1, 0.15) is 0 Å². The van der Waals surface area contributed by atoms with Crippen molar-refractivity contribution in [2.75, 3.05) is 0 Å². The number of benzene rings is 7. The monoisotopic (exact) mass is 636 g/mol. The molecule has 0 aliphatic heterocycles. The number of nitrogens with zero attached hydrogens (tertiary/aromatic N) is 2. The van der Waals surface area contributed by atoms with Gasteiger partial charge in [-0.05, 0) is 114 Å². The number of pyridine rings is 2. The van der Waals surface area contributed by atoms with E-state index in [1.807, 2.05) is 36.9 Å². The molecular formula is C48H32N2. The standard InChI is InChI=1S/C48H32N2/c1-2-11-33(12-3-1)34-13-6-14-35(27-34)38-23-24-45-46(30-38)48(40-18-8-16-37(29-40)42-20-10-26-50-32-42)44-22-5-4-21-43(44)47(45)39-17-7-15-36(28-39)41-19-9-25-49-31-41/h1-32H. The highest BCUT2D eigenvalue weighted by atomic mass is 14.6. The maximum Gasteiger partial charge on any atom is 0.0346 e. The number of rotatable bonds is 6. The summed E-state index contributed by atoms with van der Waals surface area (Å²) in [5, 5.41) is 4.89. The van der Waals surface area contributed by atoms with E-state index in [0.717, 1.165) is 22.3 Å². The number of fused-ring (bicyclic) bond motifs is 2. The van der Waals surface area contributed by atoms with Crippen LogP contribution in [0.5, 0.6) is 0 Å². The average Bonchev–Trinajstić information content (AvgIpc) is 3.21. The van der Waals surface area contributed by atoms with Gasteiger partial charge in [-0.2, -0.15) is 0 Å². The first kappa shape index (κ1) is 29.5. The van der Waals surface area contributed by atoms with Crippen LogP contribution in [0.15, 0.2) is 195 Å². The van der Waals surface area contributed by atoms with Crippen molar-refractivity contribution in [1.82, 2.24) is 9.97 Å². The van der Waals surface area contributed by atoms with Gasteiger partial charge in [0.15, 0.2) is 0 Å². The van der Waals surface area contributed by atoms with E-state index >= 15 is 0 Å². The van der Waals surface area contributed by atoms with E-state index in [0.29, 0.717) is 0 Å². The number of hydrogen-bond donors (Lipinski definition) is 0. The molecule has 7 aromatic carbocycles. The van der Waals surface area contributed by atoms with E-state index in [1.165, 1.54) is 66.1 Å². The summed E-state index contributed by atoms with van der Waals surface area (Å²) < 4.78 is 0. The van der Waals surface area contributed by atoms with Crippen molar-refractivity contribution in [3.05, 3.63) is 195 Å². The van der Waals surface area contributed by atoms with Crippen molar-refractivity contribution in [3.8, 4) is 66.8 Å². The Bertz CT molecular complexity index is 2630. The average molecular weight is 637 g/mol. The van der Waals surface area contributed by atoms with E-state index in [9.17, 15) is 0 Å². The minimum Gasteiger partial charge on any atom is -0.264 e. The molecule has 2 heteroatoms. The van der Waals surface area contributed by atoms with E-state index < -0.39 is 0 Å². The molecule has 0 radical (unpaired) electrons. The van der Waals surface area contributed by atoms with Crippen LogP contribution in [0.25, 0.3) is 88.3 Å². The number of hydrogen-bond acceptors (Lipinski definition) is 2. The molecule has 0 fully saturated rings. The van der Waals surface area contributed by atoms with Crippen LogP contribution in [-0.2, 0) is 0 Å². The Balaban J connectivity index is 1.33. The summed E-state index contributed by atoms with van der Waals surface area (Å²) in [6.07, 6.45) is 7.52. The lowest BCUT2D eigenvalue weighted by atomic mass is 9.84. The van der Waals surface area contributed by atoms with Crippen LogP contribution in [-0.4, -0.2) is 9.97 Å². The van der Waals surface area contributed by atoms with E-state index in [4.69, 9.17) is 0 Å². The summed E-state index contributed by atoms with van der Waals surface area (Å²) in [6, 6.07) is 61.3. The van der Waals surface area contributed by atoms with E-state index in [2.05, 4.69) is 168 Å². The fraction of sp³-hybridized carbons (Fsp3) is 0. The van der Waals surface area contributed by atoms with Gasteiger partial charge in [-0.25, -0.2) is 0 Å². The van der Waals surface area contributed by atoms with Gasteiger partial charge in [0.2, 0.25) is 0 Å². The van der Waals surface area contributed by atoms with Gasteiger partial charge in [0.25, 0.3) is 0 Å². The van der Waals surface area contributed by atoms with Crippen molar-refractivity contribution in [3.63, 3.8) is 0 Å². The van der Waals surface area contributed by atoms with Crippen LogP contribution in [0.2, 0.25) is 0 Å². The second kappa shape index (κ2) is 12.8. The van der Waals surface area contributed by atoms with Gasteiger partial charge < -0.3 is 0 Å². The molecule has 0 N–H and O–H groups in total. The summed E-state index contributed by atoms with van der Waals surface area (Å²) in [5.74, 6) is 0. The molecule has 0 unspecified atom stereocenters. The summed E-state index contributed by atoms with van der Waals surface area (Å²) in [7, 11) is 0. The normalized spacial score (nSPS) is 11.2. The Morgan fingerprint density at radius 1 is 0.240 bits per heavy atom. The smallest absolute Gasteiger partial charge is 0.0346 e. The summed E-state index contributed by atoms with van der Waals surface area (Å²) in [4.78, 5) is 8.81. The molecule has 2 nitrogen and oxygen atoms in total. The highest BCUT2D eigenvalue weighted by Gasteiger charge is 2.18. The molecular weight excluding hydrogens is 605 g/mol. The van der Waals surface area contributed by atoms with Crippen molar-refractivity contribution >= 4 is 21.5 Å². The second-order valence-electron chi connectivity index (χ2n) is 12.6. The predicted octanol–water partition coefficient (Wildman–Crippen LogP) is 12.8. The highest BCUT2D eigenvalue weighted by molar-refractivity contribution is 6.22. The Morgan fingerprint density at radius 2 is 0.640 bits per heavy atom. The molecule has 0 saturated heterocycles. The van der Waals surface area contributed by atoms with Crippen molar-refractivity contribution in [1.29, 1.82) is 0 Å². The van der Waals surface area contributed by atoms with Crippen LogP contribution in [0, 0.1) is 0 Å². The molecule has 0 bridgehead atoms. The summed E-state index contributed by atoms with van der Waals surface area (Å²) in [5.41, 5.74) is 14.1. The minimum atomic E-state index is 1.10. The molecule has 0 aliphatic carbocycles. The third kappa shape index (κ3) is 5.43. The van der Waals surface area contributed by atoms with Crippen LogP contribution >= 0.6 is 0 Å². The zero-order valence-electron chi connectivity index (χ0n) is 27.4. The molecule has 0 amide bonds. The molecule has 50 heavy (non-hydrogen) atoms. The second-order valence-corrected chi connectivity index (χ2v) is 12.6. The summed E-state index contributed by atoms with van der Waals surface area (Å²) in [6.45, 7) is 0. The van der Waals surface area contributed by atoms with Gasteiger partial charge in [0.05, 0.1) is 0 Å². The lowest BCUT2D eigenvalue weighted by molar-refractivity contribution is 1.33. The first-order chi connectivity index (χ1) is 24.8. The summed E-state index contributed by atoms with van der Waals surface area (Å²) >= 11 is 0. The zero-order valence-corrected chi connectivity index (χ0v) is 27.4. The van der Waals surface area contributed by atoms with E-state index in [1.54, 1.807) is 0 Å². The first-order valence-corrected chi connectivity index (χ1v) is 17.0. The molecule has 2 heterocycles. The van der Waals surface area contributed by atoms with Crippen molar-refractivity contribution in [2.24, 2.45) is 0 Å². The Hall–Kier alpha value is -6.64. The molecule has 0 spiro atoms. The van der Waals surface area contributed by atoms with Gasteiger partial charge in [0, 0.05) is 35.9 Å². The maximum absolute atomic E-state index is 4.41. The largest absolute Gasteiger partial charge is 0.264 e. The molecule has 9 aromatic rings. The maximum atomic E-state index is 4.41. The first-order valence-electron chi connectivity index (χ1n) is 17.0. The fourth-order valence-corrected chi connectivity index (χ4v) is 7.26. The van der Waals surface area contributed by atoms with Crippen LogP contribution in [0.4, 0.5) is 0 Å². The van der Waals surface area contributed by atoms with Gasteiger partial charge in [-0.15, -0.1) is 0 Å². The van der Waals surface area contributed by atoms with Gasteiger partial charge >= 0.3 is 0 Å². The van der Waals surface area contributed by atoms with Crippen molar-refractivity contribution in [2.45, 2.75) is 0 Å². The van der Waals surface area contributed by atoms with Gasteiger partial charge in [-0.1, -0.05) is 133 Å². The zero-order chi connectivity index (χ0) is 33.3. The van der Waals surface area contributed by atoms with Gasteiger partial charge in [-0.3, -0.25) is 9.97 Å². The van der Waals surface area contributed by atoms with Crippen LogP contribution < -0.4 is 0 Å². The topological polar surface area (TPSA) is 25.8 Å². The fourth-order valence-electron chi connectivity index (χ4n) is 7.26. The Morgan fingerprint density at radius 3 is 1.20 bits per heavy atom. The lowest BCUT2D eigenvalue weighted by Gasteiger charge is -2.19. The van der Waals surface area contributed by atoms with Gasteiger partial charge in [0.1, 0.15) is 0 Å². The Kier molecular flexibility index (Phi) is 7.53. The third-order valence-electron chi connectivity index (χ3n) is 9.62. The molecule has 0 saturated carbocycles. The molecule has 0 aliphatic rings. The van der Waals surface area contributed by atoms with E-state index in [-0.39, 0.29) is 0 Å². The highest BCUT2D eigenvalue weighted by Crippen LogP contribution is 2.46. The predicted molar refractivity (Wildman–Crippen MR) is 210 cm³/mol. The van der Waals surface area contributed by atoms with Crippen LogP contribution in [0.3, 0.4) is 0 Å². The number of aromatic nitrogens is 2. The van der Waals surface area contributed by atoms with Crippen molar-refractivity contribution < 1.29 is 0 Å². The Labute approximate surface area is 292 Å². The quantitative estimate of drug-likeness (QED) is 0.170. The third-order valence-corrected chi connectivity index (χ3v) is 9.62. The lowest BCUT2D eigenvalue weighted by Crippen LogP contribution is -1.93. The molecule has 9 rings (SSSR count). The molecule has 234 valence electrons.